The maximum absolute atomic E-state index is 11.3. The van der Waals surface area contributed by atoms with Crippen LogP contribution in [0.15, 0.2) is 28.7 Å². The number of nitrogens with one attached hydrogen (secondary N) is 1. The molecule has 0 heterocycles. The van der Waals surface area contributed by atoms with Crippen molar-refractivity contribution < 1.29 is 14.6 Å². The maximum Gasteiger partial charge on any atom is 0.329 e. The van der Waals surface area contributed by atoms with Gasteiger partial charge < -0.3 is 15.2 Å². The molecule has 1 fully saturated rings. The first-order valence-electron chi connectivity index (χ1n) is 5.36. The van der Waals surface area contributed by atoms with E-state index in [1.807, 2.05) is 24.3 Å². The van der Waals surface area contributed by atoms with Crippen molar-refractivity contribution in [1.29, 1.82) is 0 Å². The second-order valence-electron chi connectivity index (χ2n) is 4.29. The maximum atomic E-state index is 11.3. The number of carboxylic acids is 1. The molecule has 1 aromatic carbocycles. The monoisotopic (exact) mass is 299 g/mol. The normalized spacial score (nSPS) is 27.3. The number of carbonyl (C=O) groups is 1. The lowest BCUT2D eigenvalue weighted by Gasteiger charge is -2.44. The van der Waals surface area contributed by atoms with Gasteiger partial charge in [0.25, 0.3) is 0 Å². The summed E-state index contributed by atoms with van der Waals surface area (Å²) in [5.74, 6) is -0.825. The molecule has 2 N–H and O–H groups in total. The van der Waals surface area contributed by atoms with Crippen LogP contribution in [0.3, 0.4) is 0 Å². The average Bonchev–Trinajstić information content (AvgIpc) is 2.25. The van der Waals surface area contributed by atoms with E-state index >= 15 is 0 Å². The third kappa shape index (κ3) is 2.45. The van der Waals surface area contributed by atoms with Gasteiger partial charge in [0, 0.05) is 30.1 Å². The number of rotatable bonds is 4. The third-order valence-corrected chi connectivity index (χ3v) is 3.65. The Balaban J connectivity index is 2.10. The van der Waals surface area contributed by atoms with Gasteiger partial charge in [-0.15, -0.1) is 0 Å². The van der Waals surface area contributed by atoms with Crippen molar-refractivity contribution in [3.05, 3.63) is 28.7 Å². The molecule has 0 unspecified atom stereocenters. The van der Waals surface area contributed by atoms with Gasteiger partial charge in [0.2, 0.25) is 0 Å². The summed E-state index contributed by atoms with van der Waals surface area (Å²) in [5.41, 5.74) is -0.0701. The summed E-state index contributed by atoms with van der Waals surface area (Å²) in [6, 6.07) is 7.47. The van der Waals surface area contributed by atoms with E-state index in [-0.39, 0.29) is 6.10 Å². The highest BCUT2D eigenvalue weighted by molar-refractivity contribution is 9.10. The van der Waals surface area contributed by atoms with Crippen molar-refractivity contribution in [2.75, 3.05) is 12.4 Å². The van der Waals surface area contributed by atoms with Crippen LogP contribution in [-0.2, 0) is 9.53 Å². The second kappa shape index (κ2) is 4.66. The summed E-state index contributed by atoms with van der Waals surface area (Å²) >= 11 is 3.34. The number of hydrogen-bond acceptors (Lipinski definition) is 3. The van der Waals surface area contributed by atoms with Crippen LogP contribution in [0.25, 0.3) is 0 Å². The largest absolute Gasteiger partial charge is 0.480 e. The van der Waals surface area contributed by atoms with Gasteiger partial charge in [-0.1, -0.05) is 15.9 Å². The molecule has 0 bridgehead atoms. The summed E-state index contributed by atoms with van der Waals surface area (Å²) < 4.78 is 6.11. The molecule has 1 aromatic rings. The molecule has 0 atom stereocenters. The minimum atomic E-state index is -0.880. The molecule has 0 radical (unpaired) electrons. The first-order chi connectivity index (χ1) is 8.05. The molecule has 0 saturated heterocycles. The SMILES string of the molecule is COC1CC(Nc2ccc(Br)cc2)(C(=O)O)C1. The fourth-order valence-corrected chi connectivity index (χ4v) is 2.29. The summed E-state index contributed by atoms with van der Waals surface area (Å²) in [4.78, 5) is 11.3. The smallest absolute Gasteiger partial charge is 0.329 e. The van der Waals surface area contributed by atoms with E-state index in [9.17, 15) is 9.90 Å². The van der Waals surface area contributed by atoms with Crippen LogP contribution in [0.5, 0.6) is 0 Å². The molecule has 4 nitrogen and oxygen atoms in total. The minimum absolute atomic E-state index is 0.0362. The molecule has 92 valence electrons. The van der Waals surface area contributed by atoms with Gasteiger partial charge in [0.15, 0.2) is 0 Å². The van der Waals surface area contributed by atoms with Crippen molar-refractivity contribution >= 4 is 27.6 Å². The molecule has 0 aliphatic heterocycles. The highest BCUT2D eigenvalue weighted by Gasteiger charge is 2.51. The standard InChI is InChI=1S/C12H14BrNO3/c1-17-10-6-12(7-10,11(15)16)14-9-4-2-8(13)3-5-9/h2-5,10,14H,6-7H2,1H3,(H,15,16). The molecule has 0 aromatic heterocycles. The van der Waals surface area contributed by atoms with Crippen LogP contribution in [0.2, 0.25) is 0 Å². The molecule has 0 amide bonds. The molecular formula is C12H14BrNO3. The third-order valence-electron chi connectivity index (χ3n) is 3.12. The number of benzene rings is 1. The molecule has 1 aliphatic carbocycles. The Morgan fingerprint density at radius 2 is 2.06 bits per heavy atom. The fraction of sp³-hybridized carbons (Fsp3) is 0.417. The van der Waals surface area contributed by atoms with Crippen molar-refractivity contribution in [1.82, 2.24) is 0 Å². The first kappa shape index (κ1) is 12.4. The van der Waals surface area contributed by atoms with Crippen LogP contribution >= 0.6 is 15.9 Å². The Kier molecular flexibility index (Phi) is 3.40. The predicted octanol–water partition coefficient (Wildman–Crippen LogP) is 2.49. The van der Waals surface area contributed by atoms with Crippen molar-refractivity contribution in [2.45, 2.75) is 24.5 Å². The van der Waals surface area contributed by atoms with Crippen LogP contribution < -0.4 is 5.32 Å². The van der Waals surface area contributed by atoms with Crippen molar-refractivity contribution in [3.8, 4) is 0 Å². The lowest BCUT2D eigenvalue weighted by molar-refractivity contribution is -0.151. The van der Waals surface area contributed by atoms with E-state index in [2.05, 4.69) is 21.2 Å². The number of anilines is 1. The summed E-state index contributed by atoms with van der Waals surface area (Å²) in [7, 11) is 1.61. The number of ether oxygens (including phenoxy) is 1. The summed E-state index contributed by atoms with van der Waals surface area (Å²) in [5, 5.41) is 12.4. The van der Waals surface area contributed by atoms with Crippen molar-refractivity contribution in [3.63, 3.8) is 0 Å². The Bertz CT molecular complexity index is 412. The lowest BCUT2D eigenvalue weighted by atomic mass is 9.74. The van der Waals surface area contributed by atoms with Crippen LogP contribution in [0.4, 0.5) is 5.69 Å². The quantitative estimate of drug-likeness (QED) is 0.897. The highest BCUT2D eigenvalue weighted by atomic mass is 79.9. The van der Waals surface area contributed by atoms with E-state index in [0.29, 0.717) is 12.8 Å². The highest BCUT2D eigenvalue weighted by Crippen LogP contribution is 2.37. The van der Waals surface area contributed by atoms with E-state index in [0.717, 1.165) is 10.2 Å². The number of hydrogen-bond donors (Lipinski definition) is 2. The van der Waals surface area contributed by atoms with Gasteiger partial charge in [0.1, 0.15) is 5.54 Å². The number of aliphatic carboxylic acids is 1. The second-order valence-corrected chi connectivity index (χ2v) is 5.20. The van der Waals surface area contributed by atoms with Gasteiger partial charge in [-0.2, -0.15) is 0 Å². The summed E-state index contributed by atoms with van der Waals surface area (Å²) in [6.07, 6.45) is 1.03. The minimum Gasteiger partial charge on any atom is -0.480 e. The Morgan fingerprint density at radius 3 is 2.53 bits per heavy atom. The topological polar surface area (TPSA) is 58.6 Å². The van der Waals surface area contributed by atoms with Crippen LogP contribution in [0, 0.1) is 0 Å². The van der Waals surface area contributed by atoms with E-state index < -0.39 is 11.5 Å². The van der Waals surface area contributed by atoms with E-state index in [1.54, 1.807) is 7.11 Å². The zero-order valence-corrected chi connectivity index (χ0v) is 11.0. The Morgan fingerprint density at radius 1 is 1.47 bits per heavy atom. The van der Waals surface area contributed by atoms with Gasteiger partial charge in [0.05, 0.1) is 6.10 Å². The molecule has 5 heteroatoms. The summed E-state index contributed by atoms with van der Waals surface area (Å²) in [6.45, 7) is 0. The fourth-order valence-electron chi connectivity index (χ4n) is 2.02. The zero-order valence-electron chi connectivity index (χ0n) is 9.44. The average molecular weight is 300 g/mol. The van der Waals surface area contributed by atoms with Gasteiger partial charge in [-0.05, 0) is 24.3 Å². The number of halogens is 1. The molecule has 17 heavy (non-hydrogen) atoms. The van der Waals surface area contributed by atoms with E-state index in [4.69, 9.17) is 4.74 Å². The number of carboxylic acid groups (broad SMARTS) is 1. The number of methoxy groups -OCH3 is 1. The molecule has 1 aliphatic rings. The van der Waals surface area contributed by atoms with E-state index in [1.165, 1.54) is 0 Å². The van der Waals surface area contributed by atoms with Gasteiger partial charge in [-0.3, -0.25) is 0 Å². The first-order valence-corrected chi connectivity index (χ1v) is 6.15. The van der Waals surface area contributed by atoms with Gasteiger partial charge in [-0.25, -0.2) is 4.79 Å². The molecular weight excluding hydrogens is 286 g/mol. The Labute approximate surface area is 108 Å². The molecule has 1 saturated carbocycles. The lowest BCUT2D eigenvalue weighted by Crippen LogP contribution is -2.59. The van der Waals surface area contributed by atoms with Crippen LogP contribution in [0.1, 0.15) is 12.8 Å². The van der Waals surface area contributed by atoms with Crippen LogP contribution in [-0.4, -0.2) is 29.8 Å². The molecule has 0 spiro atoms. The predicted molar refractivity (Wildman–Crippen MR) is 68.2 cm³/mol. The van der Waals surface area contributed by atoms with Crippen molar-refractivity contribution in [2.24, 2.45) is 0 Å². The van der Waals surface area contributed by atoms with Gasteiger partial charge >= 0.3 is 5.97 Å². The Hall–Kier alpha value is -1.07. The molecule has 2 rings (SSSR count). The zero-order chi connectivity index (χ0) is 12.5.